The van der Waals surface area contributed by atoms with Gasteiger partial charge in [-0.2, -0.15) is 10.2 Å². The molecule has 3 fully saturated rings. The SMILES string of the molecule is CC12CCC(CC1=NN=C1SC(=Cc3ccc(-n4nc(-c5ccccc5)cc4-c4ccccc4)cc3)C(=O)N1Cc1ccco1)C2(C)C. The van der Waals surface area contributed by atoms with Gasteiger partial charge in [0.2, 0.25) is 0 Å². The summed E-state index contributed by atoms with van der Waals surface area (Å²) in [7, 11) is 0. The van der Waals surface area contributed by atoms with E-state index >= 15 is 0 Å². The summed E-state index contributed by atoms with van der Waals surface area (Å²) in [5.41, 5.74) is 7.30. The molecule has 5 aromatic rings. The Balaban J connectivity index is 1.10. The third-order valence-corrected chi connectivity index (χ3v) is 11.8. The summed E-state index contributed by atoms with van der Waals surface area (Å²) in [6.45, 7) is 7.35. The minimum absolute atomic E-state index is 0.0398. The van der Waals surface area contributed by atoms with Crippen molar-refractivity contribution in [2.24, 2.45) is 27.0 Å². The van der Waals surface area contributed by atoms with E-state index in [2.05, 4.69) is 51.1 Å². The molecular weight excluding hydrogens is 615 g/mol. The highest BCUT2D eigenvalue weighted by Gasteiger charge is 2.60. The van der Waals surface area contributed by atoms with Crippen LogP contribution in [-0.2, 0) is 11.3 Å². The lowest BCUT2D eigenvalue weighted by molar-refractivity contribution is -0.122. The zero-order valence-corrected chi connectivity index (χ0v) is 28.2. The Hall–Kier alpha value is -4.95. The largest absolute Gasteiger partial charge is 0.467 e. The van der Waals surface area contributed by atoms with Gasteiger partial charge in [0.05, 0.1) is 34.8 Å². The van der Waals surface area contributed by atoms with E-state index < -0.39 is 0 Å². The van der Waals surface area contributed by atoms with E-state index in [1.165, 1.54) is 18.2 Å². The number of thioether (sulfide) groups is 1. The van der Waals surface area contributed by atoms with Crippen LogP contribution in [-0.4, -0.2) is 31.5 Å². The molecule has 2 aliphatic carbocycles. The average molecular weight is 652 g/mol. The van der Waals surface area contributed by atoms with Gasteiger partial charge in [-0.3, -0.25) is 9.69 Å². The van der Waals surface area contributed by atoms with Crippen LogP contribution in [0.5, 0.6) is 0 Å². The molecule has 1 aliphatic heterocycles. The van der Waals surface area contributed by atoms with Crippen molar-refractivity contribution in [3.05, 3.63) is 126 Å². The van der Waals surface area contributed by atoms with Crippen molar-refractivity contribution in [2.45, 2.75) is 46.6 Å². The van der Waals surface area contributed by atoms with E-state index in [-0.39, 0.29) is 16.7 Å². The molecule has 0 N–H and O–H groups in total. The Labute approximate surface area is 285 Å². The molecule has 7 nitrogen and oxygen atoms in total. The number of fused-ring (bicyclic) bond motifs is 2. The van der Waals surface area contributed by atoms with Crippen LogP contribution >= 0.6 is 11.8 Å². The number of rotatable bonds is 7. The molecule has 0 radical (unpaired) electrons. The first-order chi connectivity index (χ1) is 23.3. The third-order valence-electron chi connectivity index (χ3n) is 10.8. The summed E-state index contributed by atoms with van der Waals surface area (Å²) in [5, 5.41) is 15.2. The van der Waals surface area contributed by atoms with Gasteiger partial charge in [0.1, 0.15) is 5.76 Å². The van der Waals surface area contributed by atoms with Crippen molar-refractivity contribution in [1.29, 1.82) is 0 Å². The second-order valence-corrected chi connectivity index (χ2v) is 14.7. The maximum Gasteiger partial charge on any atom is 0.267 e. The van der Waals surface area contributed by atoms with Crippen LogP contribution in [0.3, 0.4) is 0 Å². The van der Waals surface area contributed by atoms with Gasteiger partial charge < -0.3 is 4.42 Å². The second kappa shape index (κ2) is 11.9. The fourth-order valence-corrected chi connectivity index (χ4v) is 8.40. The van der Waals surface area contributed by atoms with Crippen molar-refractivity contribution in [3.63, 3.8) is 0 Å². The van der Waals surface area contributed by atoms with Crippen LogP contribution in [0.1, 0.15) is 51.4 Å². The molecule has 3 heterocycles. The van der Waals surface area contributed by atoms with Gasteiger partial charge in [0.15, 0.2) is 5.17 Å². The van der Waals surface area contributed by atoms with E-state index in [0.717, 1.165) is 52.3 Å². The molecule has 2 aromatic heterocycles. The van der Waals surface area contributed by atoms with E-state index in [1.807, 2.05) is 83.6 Å². The van der Waals surface area contributed by atoms with Crippen molar-refractivity contribution in [1.82, 2.24) is 14.7 Å². The molecule has 3 aromatic carbocycles. The normalized spacial score (nSPS) is 24.1. The molecular formula is C40H37N5O2S. The Bertz CT molecular complexity index is 2060. The van der Waals surface area contributed by atoms with Gasteiger partial charge in [0.25, 0.3) is 5.91 Å². The molecule has 3 aliphatic rings. The first-order valence-corrected chi connectivity index (χ1v) is 17.3. The van der Waals surface area contributed by atoms with Gasteiger partial charge in [-0.15, -0.1) is 5.10 Å². The number of aromatic nitrogens is 2. The zero-order chi connectivity index (χ0) is 32.9. The number of amidine groups is 1. The fourth-order valence-electron chi connectivity index (χ4n) is 7.47. The number of benzene rings is 3. The Morgan fingerprint density at radius 1 is 0.917 bits per heavy atom. The van der Waals surface area contributed by atoms with Gasteiger partial charge in [-0.1, -0.05) is 93.6 Å². The first-order valence-electron chi connectivity index (χ1n) is 16.5. The van der Waals surface area contributed by atoms with Crippen molar-refractivity contribution >= 4 is 34.6 Å². The lowest BCUT2D eigenvalue weighted by atomic mass is 9.70. The van der Waals surface area contributed by atoms with Crippen LogP contribution < -0.4 is 0 Å². The highest BCUT2D eigenvalue weighted by Crippen LogP contribution is 2.64. The number of carbonyl (C=O) groups is 1. The molecule has 2 bridgehead atoms. The summed E-state index contributed by atoms with van der Waals surface area (Å²) in [4.78, 5) is 16.1. The predicted octanol–water partition coefficient (Wildman–Crippen LogP) is 9.47. The lowest BCUT2D eigenvalue weighted by Gasteiger charge is -2.34. The van der Waals surface area contributed by atoms with Gasteiger partial charge in [0, 0.05) is 22.3 Å². The number of carbonyl (C=O) groups excluding carboxylic acids is 1. The number of amides is 1. The number of furan rings is 1. The molecule has 2 saturated carbocycles. The van der Waals surface area contributed by atoms with E-state index in [1.54, 1.807) is 11.2 Å². The maximum atomic E-state index is 13.8. The predicted molar refractivity (Wildman–Crippen MR) is 193 cm³/mol. The van der Waals surface area contributed by atoms with E-state index in [0.29, 0.717) is 28.3 Å². The van der Waals surface area contributed by atoms with E-state index in [4.69, 9.17) is 19.7 Å². The summed E-state index contributed by atoms with van der Waals surface area (Å²) < 4.78 is 7.59. The number of hydrogen-bond donors (Lipinski definition) is 0. The van der Waals surface area contributed by atoms with Crippen molar-refractivity contribution in [3.8, 4) is 28.2 Å². The Kier molecular flexibility index (Phi) is 7.56. The van der Waals surface area contributed by atoms with Crippen LogP contribution in [0.15, 0.2) is 129 Å². The van der Waals surface area contributed by atoms with Crippen LogP contribution in [0.25, 0.3) is 34.3 Å². The van der Waals surface area contributed by atoms with Gasteiger partial charge >= 0.3 is 0 Å². The first kappa shape index (κ1) is 30.4. The summed E-state index contributed by atoms with van der Waals surface area (Å²) in [6.07, 6.45) is 6.91. The Morgan fingerprint density at radius 2 is 1.65 bits per heavy atom. The molecule has 0 spiro atoms. The molecule has 2 unspecified atom stereocenters. The Morgan fingerprint density at radius 3 is 2.29 bits per heavy atom. The highest BCUT2D eigenvalue weighted by molar-refractivity contribution is 8.18. The molecule has 240 valence electrons. The standard InChI is InChI=1S/C40H37N5O2S/c1-39(2)30-20-21-40(39,3)36(24-30)41-42-38-44(26-32-15-10-22-47-32)37(46)35(48-38)23-27-16-18-31(19-17-27)45-34(29-13-8-5-9-14-29)25-33(43-45)28-11-6-4-7-12-28/h4-19,22-23,25,30H,20-21,24,26H2,1-3H3. The van der Waals surface area contributed by atoms with Gasteiger partial charge in [-0.25, -0.2) is 4.68 Å². The summed E-state index contributed by atoms with van der Waals surface area (Å²) in [5.74, 6) is 1.23. The van der Waals surface area contributed by atoms with E-state index in [9.17, 15) is 4.79 Å². The minimum atomic E-state index is -0.107. The van der Waals surface area contributed by atoms with Crippen molar-refractivity contribution in [2.75, 3.05) is 0 Å². The maximum absolute atomic E-state index is 13.8. The molecule has 1 amide bonds. The molecule has 8 heteroatoms. The number of nitrogens with zero attached hydrogens (tertiary/aromatic N) is 5. The van der Waals surface area contributed by atoms with Crippen LogP contribution in [0.2, 0.25) is 0 Å². The van der Waals surface area contributed by atoms with Gasteiger partial charge in [-0.05, 0) is 84.3 Å². The number of hydrogen-bond acceptors (Lipinski definition) is 6. The molecule has 48 heavy (non-hydrogen) atoms. The quantitative estimate of drug-likeness (QED) is 0.130. The highest BCUT2D eigenvalue weighted by atomic mass is 32.2. The summed E-state index contributed by atoms with van der Waals surface area (Å²) in [6, 6.07) is 34.5. The van der Waals surface area contributed by atoms with Crippen LogP contribution in [0.4, 0.5) is 0 Å². The molecule has 1 saturated heterocycles. The average Bonchev–Trinajstić information content (AvgIpc) is 3.92. The molecule has 8 rings (SSSR count). The van der Waals surface area contributed by atoms with Crippen molar-refractivity contribution < 1.29 is 9.21 Å². The monoisotopic (exact) mass is 651 g/mol. The van der Waals surface area contributed by atoms with Crippen LogP contribution in [0, 0.1) is 16.7 Å². The second-order valence-electron chi connectivity index (χ2n) is 13.7. The third kappa shape index (κ3) is 5.24. The zero-order valence-electron chi connectivity index (χ0n) is 27.3. The lowest BCUT2D eigenvalue weighted by Crippen LogP contribution is -2.32. The topological polar surface area (TPSA) is 76.0 Å². The smallest absolute Gasteiger partial charge is 0.267 e. The molecule has 2 atom stereocenters. The fraction of sp³-hybridized carbons (Fsp3) is 0.250. The summed E-state index contributed by atoms with van der Waals surface area (Å²) >= 11 is 1.37. The minimum Gasteiger partial charge on any atom is -0.467 e.